The number of hydrogen-bond donors (Lipinski definition) is 1. The van der Waals surface area contributed by atoms with E-state index in [1.54, 1.807) is 0 Å². The van der Waals surface area contributed by atoms with Crippen molar-refractivity contribution in [2.75, 3.05) is 6.54 Å². The number of hydrogen-bond acceptors (Lipinski definition) is 1. The molecule has 0 heterocycles. The minimum absolute atomic E-state index is 0.752. The van der Waals surface area contributed by atoms with Crippen LogP contribution in [-0.4, -0.2) is 6.54 Å². The molecular weight excluding hydrogens is 277 g/mol. The van der Waals surface area contributed by atoms with E-state index in [-0.39, 0.29) is 0 Å². The molecule has 0 amide bonds. The van der Waals surface area contributed by atoms with Crippen molar-refractivity contribution in [3.8, 4) is 11.1 Å². The van der Waals surface area contributed by atoms with Crippen LogP contribution in [0, 0.1) is 0 Å². The van der Waals surface area contributed by atoms with Gasteiger partial charge in [-0.1, -0.05) is 48.3 Å². The van der Waals surface area contributed by atoms with Crippen molar-refractivity contribution < 1.29 is 0 Å². The van der Waals surface area contributed by atoms with E-state index >= 15 is 0 Å². The molecule has 0 spiro atoms. The molecule has 2 rings (SSSR count). The first kappa shape index (κ1) is 14.4. The van der Waals surface area contributed by atoms with Gasteiger partial charge in [-0.25, -0.2) is 0 Å². The largest absolute Gasteiger partial charge is 0.313 e. The molecule has 3 heteroatoms. The predicted molar refractivity (Wildman–Crippen MR) is 83.9 cm³/mol. The van der Waals surface area contributed by atoms with Gasteiger partial charge in [0.2, 0.25) is 0 Å². The van der Waals surface area contributed by atoms with E-state index in [1.807, 2.05) is 36.4 Å². The van der Waals surface area contributed by atoms with Crippen molar-refractivity contribution in [2.45, 2.75) is 19.9 Å². The topological polar surface area (TPSA) is 12.0 Å². The Hall–Kier alpha value is -1.02. The van der Waals surface area contributed by atoms with Crippen molar-refractivity contribution in [2.24, 2.45) is 0 Å². The average molecular weight is 294 g/mol. The van der Waals surface area contributed by atoms with Crippen LogP contribution in [0.5, 0.6) is 0 Å². The zero-order chi connectivity index (χ0) is 13.7. The Labute approximate surface area is 124 Å². The Morgan fingerprint density at radius 3 is 2.32 bits per heavy atom. The second-order valence-electron chi connectivity index (χ2n) is 4.49. The zero-order valence-corrected chi connectivity index (χ0v) is 12.4. The van der Waals surface area contributed by atoms with Gasteiger partial charge in [0.1, 0.15) is 0 Å². The molecule has 100 valence electrons. The van der Waals surface area contributed by atoms with Crippen molar-refractivity contribution >= 4 is 23.2 Å². The van der Waals surface area contributed by atoms with Crippen LogP contribution >= 0.6 is 23.2 Å². The highest BCUT2D eigenvalue weighted by Gasteiger charge is 2.04. The molecular formula is C16H17Cl2N. The Bertz CT molecular complexity index is 535. The maximum atomic E-state index is 6.23. The first-order valence-corrected chi connectivity index (χ1v) is 7.21. The molecule has 0 fully saturated rings. The van der Waals surface area contributed by atoms with Gasteiger partial charge in [0.25, 0.3) is 0 Å². The number of rotatable bonds is 5. The van der Waals surface area contributed by atoms with Crippen molar-refractivity contribution in [3.05, 3.63) is 58.1 Å². The predicted octanol–water partition coefficient (Wildman–Crippen LogP) is 5.16. The molecule has 1 N–H and O–H groups in total. The van der Waals surface area contributed by atoms with E-state index in [2.05, 4.69) is 18.3 Å². The third-order valence-electron chi connectivity index (χ3n) is 2.97. The average Bonchev–Trinajstić information content (AvgIpc) is 2.42. The highest BCUT2D eigenvalue weighted by Crippen LogP contribution is 2.26. The summed E-state index contributed by atoms with van der Waals surface area (Å²) < 4.78 is 0. The molecule has 0 unspecified atom stereocenters. The standard InChI is InChI=1S/C16H17Cl2N/c1-2-9-19-11-14-10-13(5-8-16(14)18)12-3-6-15(17)7-4-12/h3-8,10,19H,2,9,11H2,1H3. The zero-order valence-electron chi connectivity index (χ0n) is 10.9. The summed E-state index contributed by atoms with van der Waals surface area (Å²) in [5, 5.41) is 4.93. The highest BCUT2D eigenvalue weighted by atomic mass is 35.5. The summed E-state index contributed by atoms with van der Waals surface area (Å²) in [6, 6.07) is 14.0. The summed E-state index contributed by atoms with van der Waals surface area (Å²) >= 11 is 12.1. The summed E-state index contributed by atoms with van der Waals surface area (Å²) in [5.74, 6) is 0. The van der Waals surface area contributed by atoms with Crippen molar-refractivity contribution in [1.82, 2.24) is 5.32 Å². The van der Waals surface area contributed by atoms with Crippen LogP contribution < -0.4 is 5.32 Å². The molecule has 0 bridgehead atoms. The minimum Gasteiger partial charge on any atom is -0.313 e. The summed E-state index contributed by atoms with van der Waals surface area (Å²) in [5.41, 5.74) is 3.44. The normalized spacial score (nSPS) is 10.7. The fraction of sp³-hybridized carbons (Fsp3) is 0.250. The van der Waals surface area contributed by atoms with Crippen molar-refractivity contribution in [1.29, 1.82) is 0 Å². The van der Waals surface area contributed by atoms with Crippen LogP contribution in [0.15, 0.2) is 42.5 Å². The SMILES string of the molecule is CCCNCc1cc(-c2ccc(Cl)cc2)ccc1Cl. The third-order valence-corrected chi connectivity index (χ3v) is 3.59. The van der Waals surface area contributed by atoms with E-state index in [9.17, 15) is 0 Å². The molecule has 0 saturated carbocycles. The Morgan fingerprint density at radius 1 is 0.947 bits per heavy atom. The molecule has 19 heavy (non-hydrogen) atoms. The second kappa shape index (κ2) is 6.95. The Balaban J connectivity index is 2.22. The Morgan fingerprint density at radius 2 is 1.63 bits per heavy atom. The van der Waals surface area contributed by atoms with Crippen LogP contribution in [-0.2, 0) is 6.54 Å². The van der Waals surface area contributed by atoms with Crippen LogP contribution in [0.4, 0.5) is 0 Å². The van der Waals surface area contributed by atoms with Gasteiger partial charge in [0.05, 0.1) is 0 Å². The van der Waals surface area contributed by atoms with Gasteiger partial charge in [0, 0.05) is 16.6 Å². The van der Waals surface area contributed by atoms with Gasteiger partial charge in [0.15, 0.2) is 0 Å². The first-order chi connectivity index (χ1) is 9.20. The molecule has 0 aliphatic rings. The van der Waals surface area contributed by atoms with Crippen LogP contribution in [0.3, 0.4) is 0 Å². The molecule has 0 aliphatic heterocycles. The molecule has 2 aromatic carbocycles. The second-order valence-corrected chi connectivity index (χ2v) is 5.33. The smallest absolute Gasteiger partial charge is 0.0451 e. The van der Waals surface area contributed by atoms with Crippen molar-refractivity contribution in [3.63, 3.8) is 0 Å². The van der Waals surface area contributed by atoms with Gasteiger partial charge in [-0.05, 0) is 53.9 Å². The van der Waals surface area contributed by atoms with E-state index < -0.39 is 0 Å². The van der Waals surface area contributed by atoms with E-state index in [1.165, 1.54) is 0 Å². The molecule has 0 radical (unpaired) electrons. The van der Waals surface area contributed by atoms with Crippen LogP contribution in [0.1, 0.15) is 18.9 Å². The summed E-state index contributed by atoms with van der Waals surface area (Å²) in [7, 11) is 0. The van der Waals surface area contributed by atoms with Gasteiger partial charge in [-0.15, -0.1) is 0 Å². The van der Waals surface area contributed by atoms with E-state index in [4.69, 9.17) is 23.2 Å². The molecule has 1 nitrogen and oxygen atoms in total. The fourth-order valence-corrected chi connectivity index (χ4v) is 2.24. The number of nitrogens with one attached hydrogen (secondary N) is 1. The molecule has 0 atom stereocenters. The summed E-state index contributed by atoms with van der Waals surface area (Å²) in [6.07, 6.45) is 1.12. The quantitative estimate of drug-likeness (QED) is 0.751. The summed E-state index contributed by atoms with van der Waals surface area (Å²) in [6.45, 7) is 3.95. The molecule has 2 aromatic rings. The summed E-state index contributed by atoms with van der Waals surface area (Å²) in [4.78, 5) is 0. The fourth-order valence-electron chi connectivity index (χ4n) is 1.93. The van der Waals surface area contributed by atoms with Crippen LogP contribution in [0.25, 0.3) is 11.1 Å². The first-order valence-electron chi connectivity index (χ1n) is 6.46. The lowest BCUT2D eigenvalue weighted by atomic mass is 10.0. The van der Waals surface area contributed by atoms with Gasteiger partial charge in [-0.3, -0.25) is 0 Å². The van der Waals surface area contributed by atoms with E-state index in [0.29, 0.717) is 0 Å². The van der Waals surface area contributed by atoms with Gasteiger partial charge < -0.3 is 5.32 Å². The third kappa shape index (κ3) is 3.97. The lowest BCUT2D eigenvalue weighted by Crippen LogP contribution is -2.14. The number of halogens is 2. The lowest BCUT2D eigenvalue weighted by molar-refractivity contribution is 0.676. The maximum absolute atomic E-state index is 6.23. The van der Waals surface area contributed by atoms with Gasteiger partial charge in [-0.2, -0.15) is 0 Å². The Kier molecular flexibility index (Phi) is 5.26. The highest BCUT2D eigenvalue weighted by molar-refractivity contribution is 6.31. The number of benzene rings is 2. The molecule has 0 saturated heterocycles. The van der Waals surface area contributed by atoms with E-state index in [0.717, 1.165) is 46.2 Å². The van der Waals surface area contributed by atoms with Crippen LogP contribution in [0.2, 0.25) is 10.0 Å². The molecule has 0 aliphatic carbocycles. The minimum atomic E-state index is 0.752. The lowest BCUT2D eigenvalue weighted by Gasteiger charge is -2.09. The maximum Gasteiger partial charge on any atom is 0.0451 e. The monoisotopic (exact) mass is 293 g/mol. The van der Waals surface area contributed by atoms with Gasteiger partial charge >= 0.3 is 0 Å². The molecule has 0 aromatic heterocycles.